The van der Waals surface area contributed by atoms with Crippen molar-refractivity contribution in [1.29, 1.82) is 0 Å². The molecule has 1 rings (SSSR count). The van der Waals surface area contributed by atoms with E-state index in [1.807, 2.05) is 13.8 Å². The van der Waals surface area contributed by atoms with E-state index >= 15 is 0 Å². The first kappa shape index (κ1) is 11.1. The van der Waals surface area contributed by atoms with Crippen LogP contribution in [0.5, 0.6) is 0 Å². The molecule has 1 saturated carbocycles. The van der Waals surface area contributed by atoms with Gasteiger partial charge in [0.25, 0.3) is 0 Å². The standard InChI is InChI=1S/C7H10O3.C2H6/c8-6-4-2-1-3-5(6)7(9)10;1-2/h5H,1-4H2,(H,9,10);1-2H3. The number of hydrogen-bond acceptors (Lipinski definition) is 2. The third kappa shape index (κ3) is 3.03. The number of rotatable bonds is 1. The smallest absolute Gasteiger partial charge is 0.314 e. The highest BCUT2D eigenvalue weighted by molar-refractivity contribution is 5.98. The molecule has 0 aromatic heterocycles. The van der Waals surface area contributed by atoms with E-state index in [-0.39, 0.29) is 5.78 Å². The first-order valence-electron chi connectivity index (χ1n) is 4.47. The molecule has 0 saturated heterocycles. The Balaban J connectivity index is 0.000000561. The fourth-order valence-electron chi connectivity index (χ4n) is 1.24. The molecule has 1 aliphatic carbocycles. The van der Waals surface area contributed by atoms with Gasteiger partial charge < -0.3 is 5.11 Å². The molecule has 1 atom stereocenters. The molecule has 3 heteroatoms. The lowest BCUT2D eigenvalue weighted by atomic mass is 9.88. The van der Waals surface area contributed by atoms with Crippen LogP contribution in [0.1, 0.15) is 39.5 Å². The van der Waals surface area contributed by atoms with Crippen LogP contribution >= 0.6 is 0 Å². The Bertz CT molecular complexity index is 163. The van der Waals surface area contributed by atoms with Gasteiger partial charge >= 0.3 is 5.97 Å². The molecule has 0 aliphatic heterocycles. The van der Waals surface area contributed by atoms with Crippen molar-refractivity contribution in [2.75, 3.05) is 0 Å². The zero-order valence-corrected chi connectivity index (χ0v) is 7.67. The van der Waals surface area contributed by atoms with Crippen molar-refractivity contribution in [3.8, 4) is 0 Å². The maximum Gasteiger partial charge on any atom is 0.314 e. The maximum atomic E-state index is 10.9. The second-order valence-corrected chi connectivity index (χ2v) is 2.60. The van der Waals surface area contributed by atoms with Gasteiger partial charge in [0.1, 0.15) is 11.7 Å². The molecule has 3 nitrogen and oxygen atoms in total. The SMILES string of the molecule is CC.O=C(O)C1CCCCC1=O. The predicted octanol–water partition coefficient (Wildman–Crippen LogP) is 1.86. The van der Waals surface area contributed by atoms with Crippen LogP contribution < -0.4 is 0 Å². The van der Waals surface area contributed by atoms with Gasteiger partial charge in [-0.1, -0.05) is 20.3 Å². The number of carbonyl (C=O) groups is 2. The van der Waals surface area contributed by atoms with Crippen molar-refractivity contribution in [2.24, 2.45) is 5.92 Å². The van der Waals surface area contributed by atoms with E-state index in [0.29, 0.717) is 12.8 Å². The van der Waals surface area contributed by atoms with Crippen LogP contribution in [0.2, 0.25) is 0 Å². The van der Waals surface area contributed by atoms with Crippen LogP contribution in [-0.4, -0.2) is 16.9 Å². The summed E-state index contributed by atoms with van der Waals surface area (Å²) in [6.07, 6.45) is 2.73. The Labute approximate surface area is 72.8 Å². The monoisotopic (exact) mass is 172 g/mol. The molecular formula is C9H16O3. The summed E-state index contributed by atoms with van der Waals surface area (Å²) in [7, 11) is 0. The highest BCUT2D eigenvalue weighted by atomic mass is 16.4. The lowest BCUT2D eigenvalue weighted by molar-refractivity contribution is -0.147. The van der Waals surface area contributed by atoms with E-state index < -0.39 is 11.9 Å². The first-order chi connectivity index (χ1) is 5.72. The van der Waals surface area contributed by atoms with Gasteiger partial charge in [0.2, 0.25) is 0 Å². The Hall–Kier alpha value is -0.860. The van der Waals surface area contributed by atoms with E-state index in [0.717, 1.165) is 12.8 Å². The van der Waals surface area contributed by atoms with Crippen LogP contribution in [0.25, 0.3) is 0 Å². The van der Waals surface area contributed by atoms with Crippen molar-refractivity contribution in [3.63, 3.8) is 0 Å². The normalized spacial score (nSPS) is 22.5. The summed E-state index contributed by atoms with van der Waals surface area (Å²) in [6, 6.07) is 0. The van der Waals surface area contributed by atoms with Crippen molar-refractivity contribution in [2.45, 2.75) is 39.5 Å². The Morgan fingerprint density at radius 2 is 2.00 bits per heavy atom. The predicted molar refractivity (Wildman–Crippen MR) is 45.9 cm³/mol. The molecule has 70 valence electrons. The van der Waals surface area contributed by atoms with Crippen LogP contribution in [0, 0.1) is 5.92 Å². The summed E-state index contributed by atoms with van der Waals surface area (Å²) in [4.78, 5) is 21.2. The summed E-state index contributed by atoms with van der Waals surface area (Å²) in [5.74, 6) is -1.75. The third-order valence-corrected chi connectivity index (χ3v) is 1.85. The van der Waals surface area contributed by atoms with E-state index in [2.05, 4.69) is 0 Å². The molecule has 0 spiro atoms. The lowest BCUT2D eigenvalue weighted by Gasteiger charge is -2.15. The van der Waals surface area contributed by atoms with Gasteiger partial charge in [0.15, 0.2) is 0 Å². The number of carboxylic acid groups (broad SMARTS) is 1. The molecule has 0 amide bonds. The molecule has 0 aromatic carbocycles. The van der Waals surface area contributed by atoms with Crippen LogP contribution in [0.15, 0.2) is 0 Å². The maximum absolute atomic E-state index is 10.9. The highest BCUT2D eigenvalue weighted by Crippen LogP contribution is 2.20. The van der Waals surface area contributed by atoms with Gasteiger partial charge in [-0.3, -0.25) is 9.59 Å². The number of aliphatic carboxylic acids is 1. The second kappa shape index (κ2) is 5.75. The van der Waals surface area contributed by atoms with Crippen molar-refractivity contribution >= 4 is 11.8 Å². The molecule has 12 heavy (non-hydrogen) atoms. The third-order valence-electron chi connectivity index (χ3n) is 1.85. The molecule has 1 unspecified atom stereocenters. The van der Waals surface area contributed by atoms with Crippen LogP contribution in [0.4, 0.5) is 0 Å². The van der Waals surface area contributed by atoms with E-state index in [1.54, 1.807) is 0 Å². The average molecular weight is 172 g/mol. The second-order valence-electron chi connectivity index (χ2n) is 2.60. The summed E-state index contributed by atoms with van der Waals surface area (Å²) >= 11 is 0. The van der Waals surface area contributed by atoms with Gasteiger partial charge in [0, 0.05) is 6.42 Å². The average Bonchev–Trinajstić information content (AvgIpc) is 2.08. The van der Waals surface area contributed by atoms with Crippen molar-refractivity contribution in [1.82, 2.24) is 0 Å². The van der Waals surface area contributed by atoms with E-state index in [1.165, 1.54) is 0 Å². The first-order valence-corrected chi connectivity index (χ1v) is 4.47. The quantitative estimate of drug-likeness (QED) is 0.614. The fourth-order valence-corrected chi connectivity index (χ4v) is 1.24. The Morgan fingerprint density at radius 1 is 1.42 bits per heavy atom. The van der Waals surface area contributed by atoms with Crippen molar-refractivity contribution in [3.05, 3.63) is 0 Å². The molecule has 0 radical (unpaired) electrons. The fraction of sp³-hybridized carbons (Fsp3) is 0.778. The zero-order chi connectivity index (χ0) is 9.56. The highest BCUT2D eigenvalue weighted by Gasteiger charge is 2.27. The summed E-state index contributed by atoms with van der Waals surface area (Å²) < 4.78 is 0. The minimum absolute atomic E-state index is 0.0984. The largest absolute Gasteiger partial charge is 0.481 e. The lowest BCUT2D eigenvalue weighted by Crippen LogP contribution is -2.26. The Morgan fingerprint density at radius 3 is 2.33 bits per heavy atom. The minimum atomic E-state index is -0.954. The van der Waals surface area contributed by atoms with Gasteiger partial charge in [-0.2, -0.15) is 0 Å². The summed E-state index contributed by atoms with van der Waals surface area (Å²) in [5, 5.41) is 8.49. The van der Waals surface area contributed by atoms with Gasteiger partial charge in [0.05, 0.1) is 0 Å². The van der Waals surface area contributed by atoms with Gasteiger partial charge in [-0.05, 0) is 12.8 Å². The number of carbonyl (C=O) groups excluding carboxylic acids is 1. The number of Topliss-reactive ketones (excluding diaryl/α,β-unsaturated/α-hetero) is 1. The molecule has 0 heterocycles. The summed E-state index contributed by atoms with van der Waals surface area (Å²) in [6.45, 7) is 4.00. The molecule has 1 aliphatic rings. The molecule has 1 N–H and O–H groups in total. The molecule has 0 aromatic rings. The summed E-state index contributed by atoms with van der Waals surface area (Å²) in [5.41, 5.74) is 0. The van der Waals surface area contributed by atoms with E-state index in [9.17, 15) is 9.59 Å². The molecular weight excluding hydrogens is 156 g/mol. The van der Waals surface area contributed by atoms with Gasteiger partial charge in [-0.25, -0.2) is 0 Å². The zero-order valence-electron chi connectivity index (χ0n) is 7.67. The minimum Gasteiger partial charge on any atom is -0.481 e. The van der Waals surface area contributed by atoms with Gasteiger partial charge in [-0.15, -0.1) is 0 Å². The molecule has 1 fully saturated rings. The van der Waals surface area contributed by atoms with Crippen LogP contribution in [-0.2, 0) is 9.59 Å². The Kier molecular flexibility index (Phi) is 5.34. The number of carboxylic acids is 1. The van der Waals surface area contributed by atoms with E-state index in [4.69, 9.17) is 5.11 Å². The topological polar surface area (TPSA) is 54.4 Å². The number of ketones is 1. The molecule has 0 bridgehead atoms. The van der Waals surface area contributed by atoms with Crippen LogP contribution in [0.3, 0.4) is 0 Å². The van der Waals surface area contributed by atoms with Crippen molar-refractivity contribution < 1.29 is 14.7 Å². The number of hydrogen-bond donors (Lipinski definition) is 1.